The van der Waals surface area contributed by atoms with Gasteiger partial charge in [0.2, 0.25) is 0 Å². The molecule has 0 bridgehead atoms. The Morgan fingerprint density at radius 2 is 2.22 bits per heavy atom. The second-order valence-corrected chi connectivity index (χ2v) is 5.09. The molecule has 1 heterocycles. The van der Waals surface area contributed by atoms with Crippen molar-refractivity contribution in [1.82, 2.24) is 0 Å². The lowest BCUT2D eigenvalue weighted by Crippen LogP contribution is -2.14. The van der Waals surface area contributed by atoms with Crippen LogP contribution in [0.25, 0.3) is 0 Å². The first-order valence-electron chi connectivity index (χ1n) is 7.12. The molecule has 104 valence electrons. The number of carbonyl (C=O) groups is 1. The number of esters is 1. The van der Waals surface area contributed by atoms with Crippen molar-refractivity contribution in [3.63, 3.8) is 0 Å². The van der Waals surface area contributed by atoms with Crippen LogP contribution in [-0.2, 0) is 14.3 Å². The van der Waals surface area contributed by atoms with Crippen molar-refractivity contribution in [3.8, 4) is 0 Å². The quantitative estimate of drug-likeness (QED) is 0.359. The predicted octanol–water partition coefficient (Wildman–Crippen LogP) is 3.48. The van der Waals surface area contributed by atoms with Crippen LogP contribution in [0.2, 0.25) is 0 Å². The zero-order valence-corrected chi connectivity index (χ0v) is 11.9. The summed E-state index contributed by atoms with van der Waals surface area (Å²) in [5.41, 5.74) is 0.704. The Morgan fingerprint density at radius 3 is 2.78 bits per heavy atom. The lowest BCUT2D eigenvalue weighted by atomic mass is 10.0. The summed E-state index contributed by atoms with van der Waals surface area (Å²) < 4.78 is 10.5. The summed E-state index contributed by atoms with van der Waals surface area (Å²) in [6, 6.07) is 0. The molecule has 0 saturated carbocycles. The first-order chi connectivity index (χ1) is 8.67. The molecule has 0 amide bonds. The Hall–Kier alpha value is -0.830. The number of epoxide rings is 1. The summed E-state index contributed by atoms with van der Waals surface area (Å²) in [6.45, 7) is 7.54. The van der Waals surface area contributed by atoms with Crippen LogP contribution in [0.15, 0.2) is 11.6 Å². The molecule has 1 rings (SSSR count). The van der Waals surface area contributed by atoms with Gasteiger partial charge in [0, 0.05) is 5.57 Å². The highest BCUT2D eigenvalue weighted by Crippen LogP contribution is 2.16. The highest BCUT2D eigenvalue weighted by atomic mass is 16.6. The lowest BCUT2D eigenvalue weighted by molar-refractivity contribution is -0.140. The summed E-state index contributed by atoms with van der Waals surface area (Å²) in [4.78, 5) is 11.7. The minimum Gasteiger partial charge on any atom is -0.462 e. The van der Waals surface area contributed by atoms with Gasteiger partial charge in [0.15, 0.2) is 0 Å². The lowest BCUT2D eigenvalue weighted by Gasteiger charge is -2.14. The van der Waals surface area contributed by atoms with Gasteiger partial charge < -0.3 is 9.47 Å². The number of rotatable bonds is 9. The molecular formula is C15H26O3. The highest BCUT2D eigenvalue weighted by molar-refractivity contribution is 5.87. The molecule has 1 aliphatic heterocycles. The Kier molecular flexibility index (Phi) is 7.02. The molecule has 2 atom stereocenters. The molecule has 1 fully saturated rings. The molecule has 0 radical (unpaired) electrons. The largest absolute Gasteiger partial charge is 0.462 e. The zero-order valence-electron chi connectivity index (χ0n) is 11.9. The van der Waals surface area contributed by atoms with E-state index in [4.69, 9.17) is 9.47 Å². The van der Waals surface area contributed by atoms with Crippen LogP contribution in [0.4, 0.5) is 0 Å². The van der Waals surface area contributed by atoms with Gasteiger partial charge in [-0.1, -0.05) is 39.2 Å². The second kappa shape index (κ2) is 8.30. The van der Waals surface area contributed by atoms with Gasteiger partial charge >= 0.3 is 5.97 Å². The fraction of sp³-hybridized carbons (Fsp3) is 0.800. The molecule has 0 aromatic heterocycles. The van der Waals surface area contributed by atoms with Crippen LogP contribution >= 0.6 is 0 Å². The van der Waals surface area contributed by atoms with Crippen molar-refractivity contribution in [1.29, 1.82) is 0 Å². The van der Waals surface area contributed by atoms with Crippen molar-refractivity contribution >= 4 is 5.97 Å². The predicted molar refractivity (Wildman–Crippen MR) is 72.4 cm³/mol. The normalized spacial score (nSPS) is 20.6. The number of unbranched alkanes of at least 4 members (excludes halogenated alkanes) is 1. The van der Waals surface area contributed by atoms with Crippen LogP contribution in [0.1, 0.15) is 52.9 Å². The number of ether oxygens (including phenoxy) is 2. The third kappa shape index (κ3) is 6.20. The molecule has 0 aromatic carbocycles. The summed E-state index contributed by atoms with van der Waals surface area (Å²) >= 11 is 0. The minimum atomic E-state index is -0.175. The van der Waals surface area contributed by atoms with Gasteiger partial charge in [-0.25, -0.2) is 4.79 Å². The van der Waals surface area contributed by atoms with Crippen LogP contribution < -0.4 is 0 Å². The average molecular weight is 254 g/mol. The molecule has 3 nitrogen and oxygen atoms in total. The van der Waals surface area contributed by atoms with Crippen molar-refractivity contribution < 1.29 is 14.3 Å². The van der Waals surface area contributed by atoms with Crippen molar-refractivity contribution in [2.24, 2.45) is 5.92 Å². The van der Waals surface area contributed by atoms with Gasteiger partial charge in [-0.2, -0.15) is 0 Å². The van der Waals surface area contributed by atoms with E-state index in [9.17, 15) is 4.79 Å². The fourth-order valence-electron chi connectivity index (χ4n) is 1.80. The standard InChI is InChI=1S/C15H26O3/c1-4-6-7-13(5-2)10-18-15(16)12(3)8-9-14-11-17-14/h8,13-14H,4-7,9-11H2,1-3H3. The molecular weight excluding hydrogens is 228 g/mol. The third-order valence-corrected chi connectivity index (χ3v) is 3.40. The highest BCUT2D eigenvalue weighted by Gasteiger charge is 2.21. The van der Waals surface area contributed by atoms with Crippen LogP contribution in [-0.4, -0.2) is 25.3 Å². The van der Waals surface area contributed by atoms with E-state index in [1.165, 1.54) is 12.8 Å². The number of carbonyl (C=O) groups excluding carboxylic acids is 1. The number of hydrogen-bond donors (Lipinski definition) is 0. The van der Waals surface area contributed by atoms with E-state index in [0.29, 0.717) is 24.2 Å². The van der Waals surface area contributed by atoms with Gasteiger partial charge in [0.1, 0.15) is 0 Å². The van der Waals surface area contributed by atoms with E-state index < -0.39 is 0 Å². The van der Waals surface area contributed by atoms with Gasteiger partial charge in [0.05, 0.1) is 19.3 Å². The fourth-order valence-corrected chi connectivity index (χ4v) is 1.80. The van der Waals surface area contributed by atoms with E-state index in [0.717, 1.165) is 25.9 Å². The van der Waals surface area contributed by atoms with Crippen molar-refractivity contribution in [3.05, 3.63) is 11.6 Å². The number of hydrogen-bond acceptors (Lipinski definition) is 3. The van der Waals surface area contributed by atoms with Crippen LogP contribution in [0, 0.1) is 5.92 Å². The smallest absolute Gasteiger partial charge is 0.333 e. The molecule has 3 heteroatoms. The van der Waals surface area contributed by atoms with Gasteiger partial charge in [-0.05, 0) is 25.7 Å². The second-order valence-electron chi connectivity index (χ2n) is 5.09. The minimum absolute atomic E-state index is 0.175. The van der Waals surface area contributed by atoms with Gasteiger partial charge in [0.25, 0.3) is 0 Å². The van der Waals surface area contributed by atoms with E-state index >= 15 is 0 Å². The maximum absolute atomic E-state index is 11.7. The summed E-state index contributed by atoms with van der Waals surface area (Å²) in [7, 11) is 0. The van der Waals surface area contributed by atoms with Crippen molar-refractivity contribution in [2.75, 3.05) is 13.2 Å². The molecule has 2 unspecified atom stereocenters. The van der Waals surface area contributed by atoms with Gasteiger partial charge in [-0.3, -0.25) is 0 Å². The monoisotopic (exact) mass is 254 g/mol. The molecule has 1 aliphatic rings. The Morgan fingerprint density at radius 1 is 1.50 bits per heavy atom. The third-order valence-electron chi connectivity index (χ3n) is 3.40. The molecule has 1 saturated heterocycles. The summed E-state index contributed by atoms with van der Waals surface area (Å²) in [6.07, 6.45) is 7.72. The molecule has 18 heavy (non-hydrogen) atoms. The van der Waals surface area contributed by atoms with Gasteiger partial charge in [-0.15, -0.1) is 0 Å². The molecule has 0 spiro atoms. The topological polar surface area (TPSA) is 38.8 Å². The first-order valence-corrected chi connectivity index (χ1v) is 7.12. The molecule has 0 aliphatic carbocycles. The maximum Gasteiger partial charge on any atom is 0.333 e. The Labute approximate surface area is 111 Å². The zero-order chi connectivity index (χ0) is 13.4. The Balaban J connectivity index is 2.22. The van der Waals surface area contributed by atoms with E-state index in [2.05, 4.69) is 13.8 Å². The molecule has 0 N–H and O–H groups in total. The SMILES string of the molecule is CCCCC(CC)COC(=O)C(C)=CCC1CO1. The average Bonchev–Trinajstić information content (AvgIpc) is 3.19. The van der Waals surface area contributed by atoms with E-state index in [1.54, 1.807) is 0 Å². The summed E-state index contributed by atoms with van der Waals surface area (Å²) in [5, 5.41) is 0. The van der Waals surface area contributed by atoms with Crippen LogP contribution in [0.3, 0.4) is 0 Å². The van der Waals surface area contributed by atoms with Crippen molar-refractivity contribution in [2.45, 2.75) is 59.0 Å². The van der Waals surface area contributed by atoms with Crippen LogP contribution in [0.5, 0.6) is 0 Å². The van der Waals surface area contributed by atoms with E-state index in [1.807, 2.05) is 13.0 Å². The Bertz CT molecular complexity index is 279. The first kappa shape index (κ1) is 15.2. The van der Waals surface area contributed by atoms with E-state index in [-0.39, 0.29) is 5.97 Å². The molecule has 0 aromatic rings. The summed E-state index contributed by atoms with van der Waals surface area (Å²) in [5.74, 6) is 0.332. The maximum atomic E-state index is 11.7.